The van der Waals surface area contributed by atoms with Gasteiger partial charge in [-0.3, -0.25) is 0 Å². The van der Waals surface area contributed by atoms with Gasteiger partial charge in [-0.05, 0) is 30.7 Å². The number of ether oxygens (including phenoxy) is 3. The molecule has 0 saturated carbocycles. The summed E-state index contributed by atoms with van der Waals surface area (Å²) >= 11 is 0. The third kappa shape index (κ3) is 4.18. The zero-order chi connectivity index (χ0) is 12.7. The fraction of sp³-hybridized carbons (Fsp3) is 0.308. The molecule has 4 nitrogen and oxygen atoms in total. The van der Waals surface area contributed by atoms with Crippen LogP contribution >= 0.6 is 0 Å². The first-order chi connectivity index (χ1) is 8.19. The average Bonchev–Trinajstić information content (AvgIpc) is 2.36. The van der Waals surface area contributed by atoms with E-state index in [1.165, 1.54) is 6.08 Å². The number of benzene rings is 1. The summed E-state index contributed by atoms with van der Waals surface area (Å²) in [4.78, 5) is 11.2. The molecular formula is C13H16O4. The molecule has 17 heavy (non-hydrogen) atoms. The third-order valence-corrected chi connectivity index (χ3v) is 2.07. The van der Waals surface area contributed by atoms with Crippen LogP contribution in [-0.4, -0.2) is 26.8 Å². The first kappa shape index (κ1) is 13.1. The maximum atomic E-state index is 11.2. The average molecular weight is 236 g/mol. The van der Waals surface area contributed by atoms with E-state index in [2.05, 4.69) is 0 Å². The van der Waals surface area contributed by atoms with E-state index in [1.807, 2.05) is 0 Å². The molecule has 0 aliphatic carbocycles. The molecule has 0 unspecified atom stereocenters. The minimum atomic E-state index is -0.366. The lowest BCUT2D eigenvalue weighted by atomic mass is 10.2. The van der Waals surface area contributed by atoms with E-state index in [4.69, 9.17) is 14.2 Å². The number of methoxy groups -OCH3 is 2. The molecule has 0 fully saturated rings. The van der Waals surface area contributed by atoms with Crippen molar-refractivity contribution < 1.29 is 19.0 Å². The molecule has 0 saturated heterocycles. The molecule has 0 bridgehead atoms. The quantitative estimate of drug-likeness (QED) is 0.581. The lowest BCUT2D eigenvalue weighted by Crippen LogP contribution is -1.98. The van der Waals surface area contributed by atoms with Gasteiger partial charge >= 0.3 is 5.97 Å². The minimum Gasteiger partial charge on any atom is -0.497 e. The second kappa shape index (κ2) is 6.58. The van der Waals surface area contributed by atoms with Crippen LogP contribution in [0.1, 0.15) is 12.5 Å². The van der Waals surface area contributed by atoms with Crippen molar-refractivity contribution in [3.05, 3.63) is 29.8 Å². The van der Waals surface area contributed by atoms with Crippen molar-refractivity contribution in [2.75, 3.05) is 20.8 Å². The highest BCUT2D eigenvalue weighted by Crippen LogP contribution is 2.23. The molecule has 0 heterocycles. The van der Waals surface area contributed by atoms with Crippen LogP contribution in [0.25, 0.3) is 6.08 Å². The predicted octanol–water partition coefficient (Wildman–Crippen LogP) is 2.28. The van der Waals surface area contributed by atoms with Gasteiger partial charge in [-0.1, -0.05) is 0 Å². The second-order valence-electron chi connectivity index (χ2n) is 3.23. The Balaban J connectivity index is 2.86. The van der Waals surface area contributed by atoms with Crippen LogP contribution in [0.2, 0.25) is 0 Å². The highest BCUT2D eigenvalue weighted by Gasteiger charge is 2.00. The number of carbonyl (C=O) groups is 1. The molecule has 92 valence electrons. The molecule has 1 aromatic carbocycles. The van der Waals surface area contributed by atoms with Crippen molar-refractivity contribution in [3.8, 4) is 11.5 Å². The van der Waals surface area contributed by atoms with Crippen molar-refractivity contribution in [1.82, 2.24) is 0 Å². The monoisotopic (exact) mass is 236 g/mol. The lowest BCUT2D eigenvalue weighted by molar-refractivity contribution is -0.137. The van der Waals surface area contributed by atoms with E-state index >= 15 is 0 Å². The molecule has 0 N–H and O–H groups in total. The molecule has 0 amide bonds. The van der Waals surface area contributed by atoms with Crippen molar-refractivity contribution in [2.24, 2.45) is 0 Å². The minimum absolute atomic E-state index is 0.366. The summed E-state index contributed by atoms with van der Waals surface area (Å²) in [6.07, 6.45) is 3.03. The SMILES string of the molecule is CCOC(=O)/C=C/c1cc(OC)cc(OC)c1. The first-order valence-electron chi connectivity index (χ1n) is 5.27. The summed E-state index contributed by atoms with van der Waals surface area (Å²) in [5, 5.41) is 0. The van der Waals surface area contributed by atoms with Gasteiger partial charge in [0.15, 0.2) is 0 Å². The first-order valence-corrected chi connectivity index (χ1v) is 5.27. The molecule has 0 radical (unpaired) electrons. The molecule has 1 rings (SSSR count). The fourth-order valence-corrected chi connectivity index (χ4v) is 1.28. The Morgan fingerprint density at radius 3 is 2.24 bits per heavy atom. The zero-order valence-electron chi connectivity index (χ0n) is 10.2. The Hall–Kier alpha value is -1.97. The fourth-order valence-electron chi connectivity index (χ4n) is 1.28. The Morgan fingerprint density at radius 1 is 1.18 bits per heavy atom. The molecule has 1 aromatic rings. The molecule has 0 aliphatic heterocycles. The highest BCUT2D eigenvalue weighted by atomic mass is 16.5. The van der Waals surface area contributed by atoms with E-state index in [9.17, 15) is 4.79 Å². The topological polar surface area (TPSA) is 44.8 Å². The van der Waals surface area contributed by atoms with E-state index in [-0.39, 0.29) is 5.97 Å². The molecule has 0 aromatic heterocycles. The maximum Gasteiger partial charge on any atom is 0.330 e. The highest BCUT2D eigenvalue weighted by molar-refractivity contribution is 5.87. The van der Waals surface area contributed by atoms with Crippen LogP contribution in [0.15, 0.2) is 24.3 Å². The van der Waals surface area contributed by atoms with E-state index in [0.29, 0.717) is 18.1 Å². The van der Waals surface area contributed by atoms with E-state index in [1.54, 1.807) is 45.4 Å². The van der Waals surface area contributed by atoms with Crippen LogP contribution in [0.3, 0.4) is 0 Å². The largest absolute Gasteiger partial charge is 0.497 e. The van der Waals surface area contributed by atoms with Crippen LogP contribution < -0.4 is 9.47 Å². The summed E-state index contributed by atoms with van der Waals surface area (Å²) < 4.78 is 15.0. The van der Waals surface area contributed by atoms with E-state index in [0.717, 1.165) is 5.56 Å². The summed E-state index contributed by atoms with van der Waals surface area (Å²) in [7, 11) is 3.15. The predicted molar refractivity (Wildman–Crippen MR) is 65.2 cm³/mol. The molecule has 0 aliphatic rings. The maximum absolute atomic E-state index is 11.2. The second-order valence-corrected chi connectivity index (χ2v) is 3.23. The van der Waals surface area contributed by atoms with Gasteiger partial charge in [0.25, 0.3) is 0 Å². The van der Waals surface area contributed by atoms with Gasteiger partial charge in [0.2, 0.25) is 0 Å². The van der Waals surface area contributed by atoms with Crippen LogP contribution in [0, 0.1) is 0 Å². The standard InChI is InChI=1S/C13H16O4/c1-4-17-13(14)6-5-10-7-11(15-2)9-12(8-10)16-3/h5-9H,4H2,1-3H3/b6-5+. The van der Waals surface area contributed by atoms with Gasteiger partial charge in [0.05, 0.1) is 20.8 Å². The van der Waals surface area contributed by atoms with Crippen LogP contribution in [0.5, 0.6) is 11.5 Å². The van der Waals surface area contributed by atoms with Crippen molar-refractivity contribution in [2.45, 2.75) is 6.92 Å². The normalized spacial score (nSPS) is 10.3. The Kier molecular flexibility index (Phi) is 5.07. The number of hydrogen-bond acceptors (Lipinski definition) is 4. The molecular weight excluding hydrogens is 220 g/mol. The van der Waals surface area contributed by atoms with Crippen molar-refractivity contribution in [1.29, 1.82) is 0 Å². The summed E-state index contributed by atoms with van der Waals surface area (Å²) in [5.41, 5.74) is 0.814. The van der Waals surface area contributed by atoms with Gasteiger partial charge in [-0.15, -0.1) is 0 Å². The van der Waals surface area contributed by atoms with E-state index < -0.39 is 0 Å². The molecule has 0 atom stereocenters. The van der Waals surface area contributed by atoms with Crippen molar-refractivity contribution >= 4 is 12.0 Å². The Morgan fingerprint density at radius 2 is 1.76 bits per heavy atom. The van der Waals surface area contributed by atoms with Gasteiger partial charge in [-0.25, -0.2) is 4.79 Å². The van der Waals surface area contributed by atoms with Gasteiger partial charge in [-0.2, -0.15) is 0 Å². The summed E-state index contributed by atoms with van der Waals surface area (Å²) in [6, 6.07) is 5.37. The van der Waals surface area contributed by atoms with Gasteiger partial charge < -0.3 is 14.2 Å². The van der Waals surface area contributed by atoms with Crippen LogP contribution in [-0.2, 0) is 9.53 Å². The number of rotatable bonds is 5. The molecule has 0 spiro atoms. The number of hydrogen-bond donors (Lipinski definition) is 0. The molecule has 4 heteroatoms. The third-order valence-electron chi connectivity index (χ3n) is 2.07. The number of carbonyl (C=O) groups excluding carboxylic acids is 1. The van der Waals surface area contributed by atoms with Crippen LogP contribution in [0.4, 0.5) is 0 Å². The Labute approximate surface area is 101 Å². The summed E-state index contributed by atoms with van der Waals surface area (Å²) in [5.74, 6) is 0.981. The van der Waals surface area contributed by atoms with Crippen molar-refractivity contribution in [3.63, 3.8) is 0 Å². The smallest absolute Gasteiger partial charge is 0.330 e. The summed E-state index contributed by atoms with van der Waals surface area (Å²) in [6.45, 7) is 2.13. The van der Waals surface area contributed by atoms with Gasteiger partial charge in [0.1, 0.15) is 11.5 Å². The lowest BCUT2D eigenvalue weighted by Gasteiger charge is -2.05. The number of esters is 1. The van der Waals surface area contributed by atoms with Gasteiger partial charge in [0, 0.05) is 12.1 Å². The Bertz CT molecular complexity index is 388. The zero-order valence-corrected chi connectivity index (χ0v) is 10.2.